The highest BCUT2D eigenvalue weighted by Crippen LogP contribution is 2.52. The molecule has 8 heteroatoms. The second-order valence-electron chi connectivity index (χ2n) is 6.91. The third-order valence-corrected chi connectivity index (χ3v) is 6.93. The Bertz CT molecular complexity index is 757. The maximum Gasteiger partial charge on any atom is 0.255 e. The van der Waals surface area contributed by atoms with Crippen molar-refractivity contribution in [1.82, 2.24) is 0 Å². The molecule has 0 saturated carbocycles. The SMILES string of the molecule is Cc1ccc(S(=O)(=O)[C@]23OC(C)(C)O[C@@H]2[C@H](O)[C@H]2CO[C@H]3O2)cc1. The Balaban J connectivity index is 1.90. The lowest BCUT2D eigenvalue weighted by atomic mass is 10.0. The van der Waals surface area contributed by atoms with Gasteiger partial charge in [0.2, 0.25) is 16.1 Å². The Labute approximate surface area is 140 Å². The molecule has 132 valence electrons. The molecule has 4 rings (SSSR count). The van der Waals surface area contributed by atoms with E-state index in [-0.39, 0.29) is 11.5 Å². The molecule has 3 heterocycles. The number of hydrogen-bond donors (Lipinski definition) is 1. The molecule has 5 atom stereocenters. The second kappa shape index (κ2) is 5.00. The largest absolute Gasteiger partial charge is 0.387 e. The fourth-order valence-electron chi connectivity index (χ4n) is 3.58. The number of ether oxygens (including phenoxy) is 4. The lowest BCUT2D eigenvalue weighted by Crippen LogP contribution is -2.65. The highest BCUT2D eigenvalue weighted by atomic mass is 32.2. The molecule has 3 saturated heterocycles. The molecular weight excluding hydrogens is 336 g/mol. The molecule has 3 fully saturated rings. The standard InChI is InChI=1S/C16H20O7S/c1-9-4-6-10(7-5-9)24(18,19)16-13(22-15(2,3)23-16)12(17)11-8-20-14(16)21-11/h4-7,11-14,17H,8H2,1-3H3/t11-,12-,13-,14+,16-/m1/s1. The number of aryl methyl sites for hydroxylation is 1. The van der Waals surface area contributed by atoms with Gasteiger partial charge in [0.15, 0.2) is 5.79 Å². The summed E-state index contributed by atoms with van der Waals surface area (Å²) in [6.45, 7) is 5.19. The molecule has 0 spiro atoms. The van der Waals surface area contributed by atoms with Crippen LogP contribution in [-0.2, 0) is 28.8 Å². The first-order valence-corrected chi connectivity index (χ1v) is 9.30. The molecule has 2 bridgehead atoms. The number of fused-ring (bicyclic) bond motifs is 4. The Morgan fingerprint density at radius 3 is 2.54 bits per heavy atom. The van der Waals surface area contributed by atoms with Crippen molar-refractivity contribution < 1.29 is 32.5 Å². The summed E-state index contributed by atoms with van der Waals surface area (Å²) in [5, 5.41) is 10.5. The number of benzene rings is 1. The first kappa shape index (κ1) is 16.4. The summed E-state index contributed by atoms with van der Waals surface area (Å²) < 4.78 is 49.7. The summed E-state index contributed by atoms with van der Waals surface area (Å²) in [5.41, 5.74) is 0.934. The molecule has 3 aliphatic rings. The summed E-state index contributed by atoms with van der Waals surface area (Å²) in [6.07, 6.45) is -4.03. The fourth-order valence-corrected chi connectivity index (χ4v) is 5.63. The molecule has 1 aromatic rings. The van der Waals surface area contributed by atoms with Gasteiger partial charge in [0.25, 0.3) is 4.93 Å². The topological polar surface area (TPSA) is 91.3 Å². The van der Waals surface area contributed by atoms with Crippen LogP contribution in [0.5, 0.6) is 0 Å². The minimum Gasteiger partial charge on any atom is -0.387 e. The number of rotatable bonds is 2. The molecule has 1 aromatic carbocycles. The zero-order valence-electron chi connectivity index (χ0n) is 13.6. The lowest BCUT2D eigenvalue weighted by Gasteiger charge is -2.41. The predicted molar refractivity (Wildman–Crippen MR) is 81.8 cm³/mol. The summed E-state index contributed by atoms with van der Waals surface area (Å²) in [5.74, 6) is -1.19. The maximum absolute atomic E-state index is 13.4. The van der Waals surface area contributed by atoms with E-state index in [9.17, 15) is 13.5 Å². The number of aliphatic hydroxyl groups is 1. The fraction of sp³-hybridized carbons (Fsp3) is 0.625. The highest BCUT2D eigenvalue weighted by molar-refractivity contribution is 7.92. The van der Waals surface area contributed by atoms with Gasteiger partial charge in [-0.2, -0.15) is 0 Å². The number of hydrogen-bond acceptors (Lipinski definition) is 7. The Morgan fingerprint density at radius 1 is 1.21 bits per heavy atom. The monoisotopic (exact) mass is 356 g/mol. The molecular formula is C16H20O7S. The van der Waals surface area contributed by atoms with Gasteiger partial charge in [0.05, 0.1) is 11.5 Å². The lowest BCUT2D eigenvalue weighted by molar-refractivity contribution is -0.218. The third kappa shape index (κ3) is 2.04. The van der Waals surface area contributed by atoms with Crippen molar-refractivity contribution >= 4 is 9.84 Å². The van der Waals surface area contributed by atoms with Crippen molar-refractivity contribution in [2.24, 2.45) is 0 Å². The van der Waals surface area contributed by atoms with Crippen molar-refractivity contribution in [1.29, 1.82) is 0 Å². The Hall–Kier alpha value is -1.03. The normalized spacial score (nSPS) is 40.5. The number of aliphatic hydroxyl groups excluding tert-OH is 1. The minimum absolute atomic E-state index is 0.0733. The van der Waals surface area contributed by atoms with E-state index in [1.165, 1.54) is 12.1 Å². The molecule has 0 aromatic heterocycles. The van der Waals surface area contributed by atoms with Crippen molar-refractivity contribution in [3.8, 4) is 0 Å². The van der Waals surface area contributed by atoms with Gasteiger partial charge in [0.1, 0.15) is 18.3 Å². The Kier molecular flexibility index (Phi) is 3.42. The average molecular weight is 356 g/mol. The van der Waals surface area contributed by atoms with Gasteiger partial charge in [0, 0.05) is 0 Å². The first-order chi connectivity index (χ1) is 11.2. The van der Waals surface area contributed by atoms with Crippen LogP contribution in [0.1, 0.15) is 19.4 Å². The molecule has 0 amide bonds. The van der Waals surface area contributed by atoms with Gasteiger partial charge < -0.3 is 24.1 Å². The average Bonchev–Trinajstić information content (AvgIpc) is 3.07. The summed E-state index contributed by atoms with van der Waals surface area (Å²) in [4.78, 5) is -1.87. The van der Waals surface area contributed by atoms with Gasteiger partial charge in [-0.3, -0.25) is 0 Å². The van der Waals surface area contributed by atoms with Crippen LogP contribution >= 0.6 is 0 Å². The van der Waals surface area contributed by atoms with Crippen molar-refractivity contribution in [3.05, 3.63) is 29.8 Å². The van der Waals surface area contributed by atoms with Crippen LogP contribution in [0.3, 0.4) is 0 Å². The van der Waals surface area contributed by atoms with Crippen molar-refractivity contribution in [2.45, 2.75) is 61.0 Å². The van der Waals surface area contributed by atoms with Crippen LogP contribution in [0.15, 0.2) is 29.2 Å². The molecule has 0 unspecified atom stereocenters. The summed E-state index contributed by atoms with van der Waals surface area (Å²) in [6, 6.07) is 6.44. The van der Waals surface area contributed by atoms with E-state index in [1.807, 2.05) is 6.92 Å². The second-order valence-corrected chi connectivity index (χ2v) is 9.02. The molecule has 7 nitrogen and oxygen atoms in total. The number of sulfone groups is 1. The minimum atomic E-state index is -4.07. The van der Waals surface area contributed by atoms with Gasteiger partial charge in [-0.25, -0.2) is 8.42 Å². The molecule has 3 aliphatic heterocycles. The first-order valence-electron chi connectivity index (χ1n) is 7.82. The van der Waals surface area contributed by atoms with Crippen LogP contribution in [0, 0.1) is 6.92 Å². The van der Waals surface area contributed by atoms with E-state index in [0.29, 0.717) is 0 Å². The van der Waals surface area contributed by atoms with Gasteiger partial charge in [-0.05, 0) is 32.9 Å². The highest BCUT2D eigenvalue weighted by Gasteiger charge is 2.74. The van der Waals surface area contributed by atoms with Gasteiger partial charge >= 0.3 is 0 Å². The smallest absolute Gasteiger partial charge is 0.255 e. The van der Waals surface area contributed by atoms with Crippen LogP contribution in [0.2, 0.25) is 0 Å². The third-order valence-electron chi connectivity index (χ3n) is 4.69. The van der Waals surface area contributed by atoms with Crippen molar-refractivity contribution in [2.75, 3.05) is 6.61 Å². The maximum atomic E-state index is 13.4. The van der Waals surface area contributed by atoms with E-state index >= 15 is 0 Å². The molecule has 24 heavy (non-hydrogen) atoms. The zero-order chi connectivity index (χ0) is 17.3. The van der Waals surface area contributed by atoms with E-state index < -0.39 is 45.2 Å². The van der Waals surface area contributed by atoms with Crippen LogP contribution in [0.4, 0.5) is 0 Å². The van der Waals surface area contributed by atoms with E-state index in [4.69, 9.17) is 18.9 Å². The summed E-state index contributed by atoms with van der Waals surface area (Å²) >= 11 is 0. The van der Waals surface area contributed by atoms with E-state index in [2.05, 4.69) is 0 Å². The van der Waals surface area contributed by atoms with Crippen molar-refractivity contribution in [3.63, 3.8) is 0 Å². The van der Waals surface area contributed by atoms with Crippen LogP contribution in [0.25, 0.3) is 0 Å². The predicted octanol–water partition coefficient (Wildman–Crippen LogP) is 0.733. The summed E-state index contributed by atoms with van der Waals surface area (Å²) in [7, 11) is -4.07. The Morgan fingerprint density at radius 2 is 1.88 bits per heavy atom. The van der Waals surface area contributed by atoms with Crippen LogP contribution < -0.4 is 0 Å². The van der Waals surface area contributed by atoms with Gasteiger partial charge in [-0.1, -0.05) is 17.7 Å². The van der Waals surface area contributed by atoms with E-state index in [0.717, 1.165) is 5.56 Å². The molecule has 0 radical (unpaired) electrons. The molecule has 1 N–H and O–H groups in total. The zero-order valence-corrected chi connectivity index (χ0v) is 14.4. The quantitative estimate of drug-likeness (QED) is 0.835. The van der Waals surface area contributed by atoms with Crippen LogP contribution in [-0.4, -0.2) is 55.5 Å². The van der Waals surface area contributed by atoms with E-state index in [1.54, 1.807) is 26.0 Å². The molecule has 0 aliphatic carbocycles. The van der Waals surface area contributed by atoms with Gasteiger partial charge in [-0.15, -0.1) is 0 Å².